The number of carbonyl (C=O) groups is 1. The van der Waals surface area contributed by atoms with Crippen LogP contribution in [0.25, 0.3) is 0 Å². The van der Waals surface area contributed by atoms with Crippen LogP contribution in [0.4, 0.5) is 5.69 Å². The fourth-order valence-corrected chi connectivity index (χ4v) is 3.96. The maximum atomic E-state index is 12.7. The van der Waals surface area contributed by atoms with Crippen molar-refractivity contribution in [2.45, 2.75) is 31.7 Å². The van der Waals surface area contributed by atoms with Crippen molar-refractivity contribution in [1.29, 1.82) is 0 Å². The largest absolute Gasteiger partial charge is 0.324 e. The van der Waals surface area contributed by atoms with Gasteiger partial charge < -0.3 is 10.6 Å². The van der Waals surface area contributed by atoms with Crippen molar-refractivity contribution in [3.63, 3.8) is 0 Å². The van der Waals surface area contributed by atoms with Crippen LogP contribution in [0.15, 0.2) is 24.3 Å². The van der Waals surface area contributed by atoms with E-state index in [-0.39, 0.29) is 12.0 Å². The van der Waals surface area contributed by atoms with Crippen LogP contribution in [-0.4, -0.2) is 12.5 Å². The number of rotatable bonds is 1. The first-order chi connectivity index (χ1) is 9.24. The van der Waals surface area contributed by atoms with Gasteiger partial charge in [0, 0.05) is 24.2 Å². The lowest BCUT2D eigenvalue weighted by Gasteiger charge is -2.34. The number of benzene rings is 1. The van der Waals surface area contributed by atoms with Gasteiger partial charge in [-0.3, -0.25) is 4.79 Å². The monoisotopic (exact) mass is 256 g/mol. The van der Waals surface area contributed by atoms with Gasteiger partial charge in [-0.1, -0.05) is 18.2 Å². The van der Waals surface area contributed by atoms with Gasteiger partial charge in [0.05, 0.1) is 0 Å². The Morgan fingerprint density at radius 1 is 1.16 bits per heavy atom. The summed E-state index contributed by atoms with van der Waals surface area (Å²) in [5, 5.41) is 0. The number of anilines is 1. The molecule has 0 radical (unpaired) electrons. The van der Waals surface area contributed by atoms with Gasteiger partial charge in [0.15, 0.2) is 0 Å². The number of nitrogens with two attached hydrogens (primary N) is 1. The first-order valence-electron chi connectivity index (χ1n) is 7.40. The van der Waals surface area contributed by atoms with Crippen LogP contribution in [0.1, 0.15) is 37.3 Å². The Bertz CT molecular complexity index is 517. The fraction of sp³-hybridized carbons (Fsp3) is 0.562. The van der Waals surface area contributed by atoms with Gasteiger partial charge >= 0.3 is 0 Å². The number of carbonyl (C=O) groups excluding carboxylic acids is 1. The first kappa shape index (κ1) is 11.5. The van der Waals surface area contributed by atoms with Crippen LogP contribution in [0, 0.1) is 17.8 Å². The Morgan fingerprint density at radius 3 is 2.68 bits per heavy atom. The zero-order valence-corrected chi connectivity index (χ0v) is 11.1. The van der Waals surface area contributed by atoms with Crippen molar-refractivity contribution in [3.05, 3.63) is 29.8 Å². The third-order valence-corrected chi connectivity index (χ3v) is 5.15. The SMILES string of the molecule is NC1CCN(C(=O)C2CC3CC3C2)c2ccccc21. The van der Waals surface area contributed by atoms with Crippen molar-refractivity contribution < 1.29 is 4.79 Å². The highest BCUT2D eigenvalue weighted by atomic mass is 16.2. The number of para-hydroxylation sites is 1. The van der Waals surface area contributed by atoms with Gasteiger partial charge in [-0.2, -0.15) is 0 Å². The molecule has 3 aliphatic rings. The summed E-state index contributed by atoms with van der Waals surface area (Å²) in [6.07, 6.45) is 4.48. The van der Waals surface area contributed by atoms with Crippen LogP contribution in [-0.2, 0) is 4.79 Å². The molecule has 0 spiro atoms. The van der Waals surface area contributed by atoms with Crippen LogP contribution in [0.2, 0.25) is 0 Å². The van der Waals surface area contributed by atoms with E-state index in [1.807, 2.05) is 23.1 Å². The molecule has 3 heteroatoms. The number of amides is 1. The molecule has 0 bridgehead atoms. The maximum Gasteiger partial charge on any atom is 0.230 e. The second-order valence-corrected chi connectivity index (χ2v) is 6.37. The molecule has 100 valence electrons. The van der Waals surface area contributed by atoms with Crippen molar-refractivity contribution in [2.75, 3.05) is 11.4 Å². The molecule has 0 aromatic heterocycles. The molecule has 1 aliphatic heterocycles. The van der Waals surface area contributed by atoms with E-state index in [4.69, 9.17) is 5.73 Å². The molecule has 3 nitrogen and oxygen atoms in total. The topological polar surface area (TPSA) is 46.3 Å². The summed E-state index contributed by atoms with van der Waals surface area (Å²) >= 11 is 0. The minimum absolute atomic E-state index is 0.0808. The van der Waals surface area contributed by atoms with Gasteiger partial charge in [0.25, 0.3) is 0 Å². The molecule has 3 unspecified atom stereocenters. The van der Waals surface area contributed by atoms with Gasteiger partial charge in [-0.25, -0.2) is 0 Å². The summed E-state index contributed by atoms with van der Waals surface area (Å²) in [6, 6.07) is 8.20. The lowest BCUT2D eigenvalue weighted by Crippen LogP contribution is -2.41. The van der Waals surface area contributed by atoms with Gasteiger partial charge in [-0.15, -0.1) is 0 Å². The Morgan fingerprint density at radius 2 is 1.89 bits per heavy atom. The maximum absolute atomic E-state index is 12.7. The van der Waals surface area contributed by atoms with Crippen LogP contribution < -0.4 is 10.6 Å². The van der Waals surface area contributed by atoms with Crippen LogP contribution in [0.3, 0.4) is 0 Å². The molecular weight excluding hydrogens is 236 g/mol. The fourth-order valence-electron chi connectivity index (χ4n) is 3.96. The first-order valence-corrected chi connectivity index (χ1v) is 7.40. The second-order valence-electron chi connectivity index (χ2n) is 6.37. The van der Waals surface area contributed by atoms with Gasteiger partial charge in [-0.05, 0) is 49.1 Å². The van der Waals surface area contributed by atoms with Gasteiger partial charge in [0.2, 0.25) is 5.91 Å². The lowest BCUT2D eigenvalue weighted by atomic mass is 9.94. The molecule has 2 fully saturated rings. The molecule has 3 atom stereocenters. The third kappa shape index (κ3) is 1.79. The second kappa shape index (κ2) is 4.07. The summed E-state index contributed by atoms with van der Waals surface area (Å²) in [5.74, 6) is 2.32. The summed E-state index contributed by atoms with van der Waals surface area (Å²) < 4.78 is 0. The molecular formula is C16H20N2O. The quantitative estimate of drug-likeness (QED) is 0.839. The van der Waals surface area contributed by atoms with E-state index in [1.54, 1.807) is 0 Å². The summed E-state index contributed by atoms with van der Waals surface area (Å²) in [5.41, 5.74) is 8.33. The van der Waals surface area contributed by atoms with Crippen molar-refractivity contribution >= 4 is 11.6 Å². The van der Waals surface area contributed by atoms with E-state index in [2.05, 4.69) is 6.07 Å². The standard InChI is InChI=1S/C16H20N2O/c17-14-5-6-18(15-4-2-1-3-13(14)15)16(19)12-8-10-7-11(10)9-12/h1-4,10-12,14H,5-9,17H2. The summed E-state index contributed by atoms with van der Waals surface area (Å²) in [7, 11) is 0. The molecule has 0 saturated heterocycles. The molecule has 2 aliphatic carbocycles. The zero-order valence-electron chi connectivity index (χ0n) is 11.1. The smallest absolute Gasteiger partial charge is 0.230 e. The van der Waals surface area contributed by atoms with Crippen molar-refractivity contribution in [1.82, 2.24) is 0 Å². The number of nitrogens with zero attached hydrogens (tertiary/aromatic N) is 1. The highest BCUT2D eigenvalue weighted by Gasteiger charge is 2.49. The normalized spacial score (nSPS) is 35.7. The van der Waals surface area contributed by atoms with Crippen molar-refractivity contribution in [3.8, 4) is 0 Å². The van der Waals surface area contributed by atoms with E-state index in [0.717, 1.165) is 48.9 Å². The Balaban J connectivity index is 1.61. The molecule has 1 heterocycles. The van der Waals surface area contributed by atoms with E-state index in [0.29, 0.717) is 5.91 Å². The highest BCUT2D eigenvalue weighted by molar-refractivity contribution is 5.96. The summed E-state index contributed by atoms with van der Waals surface area (Å²) in [4.78, 5) is 14.7. The zero-order chi connectivity index (χ0) is 13.0. The Hall–Kier alpha value is -1.35. The molecule has 4 rings (SSSR count). The van der Waals surface area contributed by atoms with E-state index in [9.17, 15) is 4.79 Å². The van der Waals surface area contributed by atoms with Crippen molar-refractivity contribution in [2.24, 2.45) is 23.5 Å². The number of fused-ring (bicyclic) bond motifs is 2. The molecule has 19 heavy (non-hydrogen) atoms. The Kier molecular flexibility index (Phi) is 2.46. The predicted molar refractivity (Wildman–Crippen MR) is 74.7 cm³/mol. The predicted octanol–water partition coefficient (Wildman–Crippen LogP) is 2.47. The van der Waals surface area contributed by atoms with Crippen LogP contribution >= 0.6 is 0 Å². The van der Waals surface area contributed by atoms with E-state index >= 15 is 0 Å². The lowest BCUT2D eigenvalue weighted by molar-refractivity contribution is -0.122. The third-order valence-electron chi connectivity index (χ3n) is 5.15. The average Bonchev–Trinajstić information content (AvgIpc) is 3.05. The molecule has 1 aromatic carbocycles. The molecule has 2 N–H and O–H groups in total. The molecule has 1 aromatic rings. The minimum Gasteiger partial charge on any atom is -0.324 e. The van der Waals surface area contributed by atoms with E-state index < -0.39 is 0 Å². The minimum atomic E-state index is 0.0808. The van der Waals surface area contributed by atoms with E-state index in [1.165, 1.54) is 6.42 Å². The Labute approximate surface area is 113 Å². The van der Waals surface area contributed by atoms with Crippen LogP contribution in [0.5, 0.6) is 0 Å². The van der Waals surface area contributed by atoms with Gasteiger partial charge in [0.1, 0.15) is 0 Å². The average molecular weight is 256 g/mol. The highest BCUT2D eigenvalue weighted by Crippen LogP contribution is 2.55. The molecule has 1 amide bonds. The molecule has 2 saturated carbocycles. The number of hydrogen-bond donors (Lipinski definition) is 1. The summed E-state index contributed by atoms with van der Waals surface area (Å²) in [6.45, 7) is 0.781. The number of hydrogen-bond acceptors (Lipinski definition) is 2.